The summed E-state index contributed by atoms with van der Waals surface area (Å²) < 4.78 is 25.3. The van der Waals surface area contributed by atoms with Gasteiger partial charge in [-0.25, -0.2) is 8.42 Å². The number of nitrogens with one attached hydrogen (secondary N) is 1. The number of anilines is 2. The number of nitrogens with zero attached hydrogens (tertiary/aromatic N) is 2. The van der Waals surface area contributed by atoms with Gasteiger partial charge in [0.25, 0.3) is 5.69 Å². The van der Waals surface area contributed by atoms with Gasteiger partial charge in [0.2, 0.25) is 11.8 Å². The van der Waals surface area contributed by atoms with E-state index in [2.05, 4.69) is 5.32 Å². The van der Waals surface area contributed by atoms with Crippen LogP contribution in [-0.2, 0) is 19.4 Å². The largest absolute Gasteiger partial charge is 0.325 e. The van der Waals surface area contributed by atoms with Crippen LogP contribution >= 0.6 is 0 Å². The van der Waals surface area contributed by atoms with Crippen LogP contribution in [0.4, 0.5) is 17.1 Å². The number of carbonyl (C=O) groups excluding carboxylic acids is 2. The monoisotopic (exact) mass is 403 g/mol. The van der Waals surface area contributed by atoms with Crippen molar-refractivity contribution in [3.05, 3.63) is 58.6 Å². The Kier molecular flexibility index (Phi) is 5.14. The predicted molar refractivity (Wildman–Crippen MR) is 102 cm³/mol. The van der Waals surface area contributed by atoms with Crippen LogP contribution in [0.3, 0.4) is 0 Å². The molecule has 0 saturated heterocycles. The topological polar surface area (TPSA) is 127 Å². The Morgan fingerprint density at radius 3 is 2.50 bits per heavy atom. The maximum Gasteiger partial charge on any atom is 0.269 e. The van der Waals surface area contributed by atoms with Crippen molar-refractivity contribution in [3.8, 4) is 0 Å². The first-order valence-corrected chi connectivity index (χ1v) is 9.92. The number of fused-ring (bicyclic) bond motifs is 1. The number of nitro benzene ring substituents is 1. The second-order valence-corrected chi connectivity index (χ2v) is 8.69. The van der Waals surface area contributed by atoms with E-state index in [1.807, 2.05) is 0 Å². The number of amides is 2. The van der Waals surface area contributed by atoms with Crippen LogP contribution in [0.5, 0.6) is 0 Å². The number of sulfone groups is 1. The van der Waals surface area contributed by atoms with Crippen molar-refractivity contribution in [1.29, 1.82) is 0 Å². The Morgan fingerprint density at radius 2 is 1.86 bits per heavy atom. The average molecular weight is 403 g/mol. The molecule has 0 aliphatic carbocycles. The quantitative estimate of drug-likeness (QED) is 0.615. The van der Waals surface area contributed by atoms with Crippen LogP contribution in [0.25, 0.3) is 0 Å². The van der Waals surface area contributed by atoms with Crippen LogP contribution < -0.4 is 10.2 Å². The summed E-state index contributed by atoms with van der Waals surface area (Å²) in [5.74, 6) is -1.02. The number of non-ortho nitro benzene ring substituents is 1. The van der Waals surface area contributed by atoms with Gasteiger partial charge in [-0.05, 0) is 31.2 Å². The van der Waals surface area contributed by atoms with Gasteiger partial charge in [-0.15, -0.1) is 0 Å². The molecule has 1 atom stereocenters. The SMILES string of the molecule is C[C@H]1CC(=O)N(CC(=O)Nc2ccc([N+](=O)[O-])cc2)c2ccccc2S1(=O)=O. The summed E-state index contributed by atoms with van der Waals surface area (Å²) in [6.45, 7) is 1.08. The maximum absolute atomic E-state index is 12.6. The van der Waals surface area contributed by atoms with Crippen LogP contribution in [0.2, 0.25) is 0 Å². The summed E-state index contributed by atoms with van der Waals surface area (Å²) in [6.07, 6.45) is -0.234. The number of benzene rings is 2. The Bertz CT molecular complexity index is 1050. The van der Waals surface area contributed by atoms with Crippen molar-refractivity contribution >= 4 is 38.7 Å². The Hall–Kier alpha value is -3.27. The summed E-state index contributed by atoms with van der Waals surface area (Å²) in [5.41, 5.74) is 0.372. The first kappa shape index (κ1) is 19.5. The highest BCUT2D eigenvalue weighted by Gasteiger charge is 2.36. The molecule has 2 aromatic carbocycles. The van der Waals surface area contributed by atoms with Gasteiger partial charge in [0.05, 0.1) is 20.8 Å². The van der Waals surface area contributed by atoms with E-state index in [0.717, 1.165) is 4.90 Å². The molecule has 9 nitrogen and oxygen atoms in total. The molecule has 2 aromatic rings. The maximum atomic E-state index is 12.6. The fraction of sp³-hybridized carbons (Fsp3) is 0.222. The first-order valence-electron chi connectivity index (χ1n) is 8.38. The lowest BCUT2D eigenvalue weighted by molar-refractivity contribution is -0.384. The van der Waals surface area contributed by atoms with Crippen molar-refractivity contribution in [3.63, 3.8) is 0 Å². The third kappa shape index (κ3) is 3.72. The van der Waals surface area contributed by atoms with Crippen LogP contribution in [0.15, 0.2) is 53.4 Å². The molecule has 146 valence electrons. The number of para-hydroxylation sites is 1. The molecule has 1 aliphatic rings. The highest BCUT2D eigenvalue weighted by molar-refractivity contribution is 7.92. The van der Waals surface area contributed by atoms with Gasteiger partial charge >= 0.3 is 0 Å². The van der Waals surface area contributed by atoms with E-state index in [1.165, 1.54) is 43.3 Å². The summed E-state index contributed by atoms with van der Waals surface area (Å²) in [7, 11) is -3.69. The fourth-order valence-corrected chi connectivity index (χ4v) is 4.46. The molecule has 1 aliphatic heterocycles. The van der Waals surface area contributed by atoms with E-state index in [1.54, 1.807) is 12.1 Å². The van der Waals surface area contributed by atoms with E-state index in [9.17, 15) is 28.1 Å². The van der Waals surface area contributed by atoms with Gasteiger partial charge < -0.3 is 10.2 Å². The summed E-state index contributed by atoms with van der Waals surface area (Å²) in [5, 5.41) is 12.3. The molecule has 0 bridgehead atoms. The van der Waals surface area contributed by atoms with Crippen molar-refractivity contribution < 1.29 is 22.9 Å². The molecule has 0 saturated carbocycles. The predicted octanol–water partition coefficient (Wildman–Crippen LogP) is 2.13. The van der Waals surface area contributed by atoms with Gasteiger partial charge in [0.1, 0.15) is 6.54 Å². The smallest absolute Gasteiger partial charge is 0.269 e. The number of carbonyl (C=O) groups is 2. The Labute approximate surface area is 161 Å². The normalized spacial score (nSPS) is 18.1. The van der Waals surface area contributed by atoms with E-state index in [-0.39, 0.29) is 29.2 Å². The van der Waals surface area contributed by atoms with Crippen LogP contribution in [0.1, 0.15) is 13.3 Å². The lowest BCUT2D eigenvalue weighted by Crippen LogP contribution is -2.38. The highest BCUT2D eigenvalue weighted by Crippen LogP contribution is 2.33. The fourth-order valence-electron chi connectivity index (χ4n) is 2.92. The van der Waals surface area contributed by atoms with Gasteiger partial charge in [0, 0.05) is 24.2 Å². The number of hydrogen-bond acceptors (Lipinski definition) is 6. The number of nitro groups is 1. The van der Waals surface area contributed by atoms with Gasteiger partial charge in [0.15, 0.2) is 9.84 Å². The van der Waals surface area contributed by atoms with E-state index in [0.29, 0.717) is 5.69 Å². The molecule has 1 heterocycles. The molecular weight excluding hydrogens is 386 g/mol. The summed E-state index contributed by atoms with van der Waals surface area (Å²) >= 11 is 0. The second kappa shape index (κ2) is 7.39. The zero-order valence-electron chi connectivity index (χ0n) is 14.9. The third-order valence-corrected chi connectivity index (χ3v) is 6.60. The van der Waals surface area contributed by atoms with Crippen molar-refractivity contribution in [1.82, 2.24) is 0 Å². The Balaban J connectivity index is 1.85. The standard InChI is InChI=1S/C18H17N3O6S/c1-12-10-18(23)20(15-4-2-3-5-16(15)28(12,26)27)11-17(22)19-13-6-8-14(9-7-13)21(24)25/h2-9,12H,10-11H2,1H3,(H,19,22)/t12-/m0/s1. The van der Waals surface area contributed by atoms with Gasteiger partial charge in [-0.1, -0.05) is 12.1 Å². The summed E-state index contributed by atoms with van der Waals surface area (Å²) in [6, 6.07) is 11.3. The zero-order valence-corrected chi connectivity index (χ0v) is 15.7. The van der Waals surface area contributed by atoms with E-state index in [4.69, 9.17) is 0 Å². The second-order valence-electron chi connectivity index (χ2n) is 6.36. The lowest BCUT2D eigenvalue weighted by Gasteiger charge is -2.21. The third-order valence-electron chi connectivity index (χ3n) is 4.42. The van der Waals surface area contributed by atoms with E-state index < -0.39 is 31.8 Å². The average Bonchev–Trinajstić information content (AvgIpc) is 2.72. The summed E-state index contributed by atoms with van der Waals surface area (Å²) in [4.78, 5) is 36.3. The van der Waals surface area contributed by atoms with Gasteiger partial charge in [-0.3, -0.25) is 19.7 Å². The van der Waals surface area contributed by atoms with Crippen molar-refractivity contribution in [2.24, 2.45) is 0 Å². The van der Waals surface area contributed by atoms with Crippen LogP contribution in [-0.4, -0.2) is 37.0 Å². The minimum Gasteiger partial charge on any atom is -0.325 e. The molecule has 28 heavy (non-hydrogen) atoms. The van der Waals surface area contributed by atoms with Gasteiger partial charge in [-0.2, -0.15) is 0 Å². The molecule has 0 aromatic heterocycles. The molecule has 0 radical (unpaired) electrons. The van der Waals surface area contributed by atoms with Crippen LogP contribution in [0, 0.1) is 10.1 Å². The molecule has 3 rings (SSSR count). The molecule has 1 N–H and O–H groups in total. The molecule has 10 heteroatoms. The zero-order chi connectivity index (χ0) is 20.5. The minimum atomic E-state index is -3.69. The van der Waals surface area contributed by atoms with Crippen molar-refractivity contribution in [2.75, 3.05) is 16.8 Å². The Morgan fingerprint density at radius 1 is 1.21 bits per heavy atom. The number of rotatable bonds is 4. The molecule has 0 unspecified atom stereocenters. The van der Waals surface area contributed by atoms with Crippen molar-refractivity contribution in [2.45, 2.75) is 23.5 Å². The minimum absolute atomic E-state index is 0.0106. The molecule has 0 spiro atoms. The lowest BCUT2D eigenvalue weighted by atomic mass is 10.2. The first-order chi connectivity index (χ1) is 13.2. The molecule has 0 fully saturated rings. The molecule has 2 amide bonds. The van der Waals surface area contributed by atoms with E-state index >= 15 is 0 Å². The number of hydrogen-bond donors (Lipinski definition) is 1. The highest BCUT2D eigenvalue weighted by atomic mass is 32.2. The molecular formula is C18H17N3O6S.